The van der Waals surface area contributed by atoms with Crippen molar-refractivity contribution in [1.29, 1.82) is 0 Å². The van der Waals surface area contributed by atoms with Gasteiger partial charge in [-0.1, -0.05) is 71.1 Å². The minimum atomic E-state index is -2.40. The van der Waals surface area contributed by atoms with E-state index in [1.54, 1.807) is 35.4 Å². The lowest BCUT2D eigenvalue weighted by molar-refractivity contribution is -0.265. The van der Waals surface area contributed by atoms with Gasteiger partial charge in [0.2, 0.25) is 5.79 Å². The van der Waals surface area contributed by atoms with Crippen LogP contribution in [0.1, 0.15) is 126 Å². The summed E-state index contributed by atoms with van der Waals surface area (Å²) in [6.07, 6.45) is 13.9. The van der Waals surface area contributed by atoms with Crippen molar-refractivity contribution >= 4 is 23.4 Å². The van der Waals surface area contributed by atoms with Gasteiger partial charge in [-0.25, -0.2) is 4.79 Å². The van der Waals surface area contributed by atoms with Crippen LogP contribution in [0.4, 0.5) is 0 Å². The first-order valence-corrected chi connectivity index (χ1v) is 24.8. The molecule has 16 atom stereocenters. The van der Waals surface area contributed by atoms with Gasteiger partial charge in [-0.15, -0.1) is 0 Å². The van der Waals surface area contributed by atoms with Crippen molar-refractivity contribution in [2.24, 2.45) is 35.5 Å². The third-order valence-electron chi connectivity index (χ3n) is 15.2. The molecule has 0 aromatic carbocycles. The van der Waals surface area contributed by atoms with Crippen LogP contribution in [0.25, 0.3) is 0 Å². The van der Waals surface area contributed by atoms with E-state index in [0.717, 1.165) is 30.4 Å². The Morgan fingerprint density at radius 1 is 0.776 bits per heavy atom. The fourth-order valence-corrected chi connectivity index (χ4v) is 10.8. The van der Waals surface area contributed by atoms with Gasteiger partial charge in [-0.2, -0.15) is 0 Å². The third-order valence-corrected chi connectivity index (χ3v) is 15.2. The number of esters is 1. The van der Waals surface area contributed by atoms with Crippen LogP contribution in [0.15, 0.2) is 47.6 Å². The van der Waals surface area contributed by atoms with Gasteiger partial charge in [0, 0.05) is 72.7 Å². The number of carbonyl (C=O) groups is 4. The molecule has 14 nitrogen and oxygen atoms in total. The molecular formula is C53H85NO13. The summed E-state index contributed by atoms with van der Waals surface area (Å²) < 4.78 is 41.7. The molecule has 67 heavy (non-hydrogen) atoms. The largest absolute Gasteiger partial charge is 0.460 e. The summed E-state index contributed by atoms with van der Waals surface area (Å²) in [4.78, 5) is 58.3. The number of allylic oxidation sites excluding steroid dienone is 5. The number of ketones is 2. The number of cyclic esters (lactones) is 1. The smallest absolute Gasteiger partial charge is 0.329 e. The van der Waals surface area contributed by atoms with Gasteiger partial charge in [0.05, 0.1) is 30.5 Å². The molecule has 0 aromatic rings. The second-order valence-corrected chi connectivity index (χ2v) is 20.2. The lowest BCUT2D eigenvalue weighted by Gasteiger charge is -2.43. The quantitative estimate of drug-likeness (QED) is 0.141. The molecule has 2 bridgehead atoms. The van der Waals surface area contributed by atoms with Crippen molar-refractivity contribution in [3.8, 4) is 0 Å². The number of methoxy groups -OCH3 is 5. The van der Waals surface area contributed by atoms with Gasteiger partial charge in [0.25, 0.3) is 11.7 Å². The van der Waals surface area contributed by atoms with Gasteiger partial charge in [-0.05, 0) is 107 Å². The fourth-order valence-electron chi connectivity index (χ4n) is 10.8. The molecule has 14 heteroatoms. The molecule has 1 saturated carbocycles. The van der Waals surface area contributed by atoms with Crippen molar-refractivity contribution in [3.63, 3.8) is 0 Å². The summed E-state index contributed by atoms with van der Waals surface area (Å²) in [6.45, 7) is 13.5. The Kier molecular flexibility index (Phi) is 22.6. The van der Waals surface area contributed by atoms with Gasteiger partial charge < -0.3 is 48.3 Å². The molecule has 1 aliphatic carbocycles. The molecule has 380 valence electrons. The first-order chi connectivity index (χ1) is 31.8. The van der Waals surface area contributed by atoms with E-state index in [1.807, 2.05) is 71.1 Å². The van der Waals surface area contributed by atoms with Crippen LogP contribution < -0.4 is 0 Å². The number of Topliss-reactive ketones (excluding diaryl/α,β-unsaturated/α-hetero) is 2. The van der Waals surface area contributed by atoms with Gasteiger partial charge in [0.15, 0.2) is 5.78 Å². The highest BCUT2D eigenvalue weighted by molar-refractivity contribution is 6.39. The molecule has 4 rings (SSSR count). The number of piperidine rings is 1. The lowest BCUT2D eigenvalue weighted by Crippen LogP contribution is -2.61. The first kappa shape index (κ1) is 56.5. The monoisotopic (exact) mass is 944 g/mol. The van der Waals surface area contributed by atoms with E-state index in [2.05, 4.69) is 6.92 Å². The molecule has 1 unspecified atom stereocenters. The molecule has 2 N–H and O–H groups in total. The van der Waals surface area contributed by atoms with Crippen LogP contribution in [0.2, 0.25) is 0 Å². The number of rotatable bonds is 8. The molecule has 4 aliphatic rings. The number of carbonyl (C=O) groups excluding carboxylic acids is 4. The minimum absolute atomic E-state index is 0.00931. The van der Waals surface area contributed by atoms with Crippen LogP contribution in [-0.4, -0.2) is 141 Å². The Balaban J connectivity index is 1.72. The summed E-state index contributed by atoms with van der Waals surface area (Å²) in [5.74, 6) is -6.59. The fraction of sp³-hybridized carbons (Fsp3) is 0.774. The van der Waals surface area contributed by atoms with Crippen LogP contribution in [0.3, 0.4) is 0 Å². The first-order valence-electron chi connectivity index (χ1n) is 24.8. The zero-order valence-corrected chi connectivity index (χ0v) is 42.6. The highest BCUT2D eigenvalue weighted by Crippen LogP contribution is 2.38. The predicted molar refractivity (Wildman–Crippen MR) is 256 cm³/mol. The Labute approximate surface area is 401 Å². The van der Waals surface area contributed by atoms with Crippen LogP contribution in [-0.2, 0) is 52.3 Å². The summed E-state index contributed by atoms with van der Waals surface area (Å²) >= 11 is 0. The molecule has 0 radical (unpaired) electrons. The number of hydrogen-bond acceptors (Lipinski definition) is 13. The minimum Gasteiger partial charge on any atom is -0.460 e. The molecule has 3 aliphatic heterocycles. The number of aliphatic hydroxyl groups is 2. The van der Waals surface area contributed by atoms with E-state index < -0.39 is 77.9 Å². The summed E-state index contributed by atoms with van der Waals surface area (Å²) in [7, 11) is 8.02. The molecule has 3 fully saturated rings. The number of fused-ring (bicyclic) bond motifs is 3. The van der Waals surface area contributed by atoms with Gasteiger partial charge >= 0.3 is 5.97 Å². The van der Waals surface area contributed by atoms with Crippen LogP contribution in [0.5, 0.6) is 0 Å². The third kappa shape index (κ3) is 15.0. The zero-order valence-electron chi connectivity index (χ0n) is 42.6. The number of ether oxygens (including phenoxy) is 7. The number of hydrogen-bond donors (Lipinski definition) is 2. The topological polar surface area (TPSA) is 177 Å². The van der Waals surface area contributed by atoms with Gasteiger partial charge in [-0.3, -0.25) is 14.4 Å². The summed E-state index contributed by atoms with van der Waals surface area (Å²) in [5, 5.41) is 23.9. The predicted octanol–water partition coefficient (Wildman–Crippen LogP) is 7.28. The number of nitrogens with zero attached hydrogens (tertiary/aromatic N) is 1. The Hall–Kier alpha value is -3.08. The number of amides is 1. The van der Waals surface area contributed by atoms with E-state index in [-0.39, 0.29) is 61.0 Å². The number of aliphatic hydroxyl groups excluding tert-OH is 1. The maximum atomic E-state index is 14.5. The average molecular weight is 944 g/mol. The van der Waals surface area contributed by atoms with Crippen LogP contribution in [0, 0.1) is 35.5 Å². The Morgan fingerprint density at radius 3 is 2.13 bits per heavy atom. The highest BCUT2D eigenvalue weighted by Gasteiger charge is 2.53. The van der Waals surface area contributed by atoms with Crippen molar-refractivity contribution < 1.29 is 62.5 Å². The second-order valence-electron chi connectivity index (χ2n) is 20.2. The standard InChI is InChI=1S/C53H85NO13/c1-32-18-14-13-15-19-33(2)44(62-9)30-40-23-21-38(7)53(60,67-40)50(57)51(58)54-25-17-16-20-41(54)52(59)66-45(35(4)28-39-22-24-43(61-8)46(29-39)63-10)31-42(55)34(3)27-37(6)48(64-11)49(65-12)47(56)36(5)26-32/h13-15,18-19,27,32,34-36,38-46,48-49,55,60H,16-17,20-26,28-31H2,1-12H3/b15-13+,18-14+,33-19+,37-27+/t32-,34-,35-,36-,38-,39+,40+,41+,42?,43-,44+,45+,46-,48-,49+,53-/m1/s1. The summed E-state index contributed by atoms with van der Waals surface area (Å²) in [6, 6.07) is -1.08. The molecule has 0 spiro atoms. The maximum Gasteiger partial charge on any atom is 0.329 e. The van der Waals surface area contributed by atoms with E-state index in [0.29, 0.717) is 44.9 Å². The lowest BCUT2D eigenvalue weighted by atomic mass is 9.78. The second kappa shape index (κ2) is 26.8. The van der Waals surface area contributed by atoms with Crippen LogP contribution >= 0.6 is 0 Å². The Bertz CT molecular complexity index is 1740. The summed E-state index contributed by atoms with van der Waals surface area (Å²) in [5.41, 5.74) is 1.62. The van der Waals surface area contributed by atoms with Crippen molar-refractivity contribution in [3.05, 3.63) is 47.6 Å². The van der Waals surface area contributed by atoms with E-state index >= 15 is 0 Å². The molecule has 0 aromatic heterocycles. The SMILES string of the molecule is CO[C@H]1C[C@@H]2CC[C@@H](C)[C@@](O)(O2)C(=O)C(=O)N2CCCC[C@H]2C(=O)O[C@H]([C@H](C)C[C@@H]2CC[C@@H](OC)[C@H](OC)C2)CC(O)[C@H](C)/C=C(\C)[C@@H](OC)[C@@H](OC)C(=O)[C@H](C)C[C@H](C)/C=C/C=C/C=C/1C. The molecular weight excluding hydrogens is 859 g/mol. The van der Waals surface area contributed by atoms with E-state index in [1.165, 1.54) is 12.0 Å². The van der Waals surface area contributed by atoms with Crippen molar-refractivity contribution in [2.45, 2.75) is 186 Å². The Morgan fingerprint density at radius 2 is 1.48 bits per heavy atom. The average Bonchev–Trinajstić information content (AvgIpc) is 3.31. The maximum absolute atomic E-state index is 14.5. The normalized spacial score (nSPS) is 40.7. The molecule has 2 saturated heterocycles. The van der Waals surface area contributed by atoms with E-state index in [9.17, 15) is 29.4 Å². The molecule has 3 heterocycles. The van der Waals surface area contributed by atoms with Crippen molar-refractivity contribution in [1.82, 2.24) is 4.90 Å². The molecule has 1 amide bonds. The van der Waals surface area contributed by atoms with Crippen molar-refractivity contribution in [2.75, 3.05) is 42.1 Å². The zero-order chi connectivity index (χ0) is 49.6. The van der Waals surface area contributed by atoms with E-state index in [4.69, 9.17) is 33.2 Å². The van der Waals surface area contributed by atoms with Gasteiger partial charge in [0.1, 0.15) is 24.4 Å². The highest BCUT2D eigenvalue weighted by atomic mass is 16.6.